The summed E-state index contributed by atoms with van der Waals surface area (Å²) in [6.45, 7) is 1.92. The molecule has 3 aromatic carbocycles. The first-order valence-corrected chi connectivity index (χ1v) is 9.96. The normalized spacial score (nSPS) is 11.0. The average Bonchev–Trinajstić information content (AvgIpc) is 2.65. The first kappa shape index (κ1) is 18.9. The van der Waals surface area contributed by atoms with Crippen LogP contribution in [0.3, 0.4) is 0 Å². The quantitative estimate of drug-likeness (QED) is 0.651. The van der Waals surface area contributed by atoms with Crippen molar-refractivity contribution in [3.8, 4) is 0 Å². The van der Waals surface area contributed by atoms with Crippen LogP contribution in [0.25, 0.3) is 0 Å². The Kier molecular flexibility index (Phi) is 5.48. The summed E-state index contributed by atoms with van der Waals surface area (Å²) in [5.74, 6) is -0.340. The lowest BCUT2D eigenvalue weighted by Crippen LogP contribution is -2.14. The van der Waals surface area contributed by atoms with E-state index in [1.165, 1.54) is 24.3 Å². The summed E-state index contributed by atoms with van der Waals surface area (Å²) in [5.41, 5.74) is 2.46. The molecular formula is C20H17ClN2O3S. The Balaban J connectivity index is 1.72. The number of halogens is 1. The second-order valence-electron chi connectivity index (χ2n) is 5.96. The van der Waals surface area contributed by atoms with Crippen LogP contribution in [0, 0.1) is 6.92 Å². The fourth-order valence-corrected chi connectivity index (χ4v) is 3.54. The number of benzene rings is 3. The molecule has 0 aliphatic carbocycles. The fourth-order valence-electron chi connectivity index (χ4n) is 2.36. The smallest absolute Gasteiger partial charge is 0.261 e. The van der Waals surface area contributed by atoms with Crippen molar-refractivity contribution < 1.29 is 13.2 Å². The Bertz CT molecular complexity index is 1050. The van der Waals surface area contributed by atoms with E-state index in [0.717, 1.165) is 5.56 Å². The van der Waals surface area contributed by atoms with Gasteiger partial charge in [-0.15, -0.1) is 0 Å². The predicted octanol–water partition coefficient (Wildman–Crippen LogP) is 4.70. The molecule has 0 saturated heterocycles. The van der Waals surface area contributed by atoms with E-state index in [1.807, 2.05) is 19.1 Å². The van der Waals surface area contributed by atoms with Crippen LogP contribution in [0.4, 0.5) is 11.4 Å². The van der Waals surface area contributed by atoms with Gasteiger partial charge in [-0.3, -0.25) is 9.52 Å². The molecule has 5 nitrogen and oxygen atoms in total. The van der Waals surface area contributed by atoms with Crippen molar-refractivity contribution in [2.45, 2.75) is 11.8 Å². The van der Waals surface area contributed by atoms with Crippen molar-refractivity contribution in [3.63, 3.8) is 0 Å². The minimum Gasteiger partial charge on any atom is -0.322 e. The van der Waals surface area contributed by atoms with Crippen molar-refractivity contribution in [1.82, 2.24) is 0 Å². The van der Waals surface area contributed by atoms with Crippen LogP contribution >= 0.6 is 11.6 Å². The van der Waals surface area contributed by atoms with E-state index in [4.69, 9.17) is 11.6 Å². The average molecular weight is 401 g/mol. The molecule has 3 rings (SSSR count). The standard InChI is InChI=1S/C20H17ClN2O3S/c1-14-2-8-18(9-3-14)23-27(25,26)19-12-4-15(5-13-19)20(24)22-17-10-6-16(21)7-11-17/h2-13,23H,1H3,(H,22,24). The van der Waals surface area contributed by atoms with Gasteiger partial charge >= 0.3 is 0 Å². The first-order chi connectivity index (χ1) is 12.8. The number of hydrogen-bond acceptors (Lipinski definition) is 3. The molecule has 2 N–H and O–H groups in total. The monoisotopic (exact) mass is 400 g/mol. The molecule has 0 aromatic heterocycles. The maximum Gasteiger partial charge on any atom is 0.261 e. The molecule has 0 fully saturated rings. The number of rotatable bonds is 5. The molecule has 0 heterocycles. The minimum absolute atomic E-state index is 0.0751. The number of nitrogens with one attached hydrogen (secondary N) is 2. The summed E-state index contributed by atoms with van der Waals surface area (Å²) >= 11 is 5.82. The van der Waals surface area contributed by atoms with Gasteiger partial charge in [-0.2, -0.15) is 0 Å². The molecule has 138 valence electrons. The van der Waals surface area contributed by atoms with Gasteiger partial charge in [0, 0.05) is 22.0 Å². The highest BCUT2D eigenvalue weighted by molar-refractivity contribution is 7.92. The topological polar surface area (TPSA) is 75.3 Å². The number of carbonyl (C=O) groups excluding carboxylic acids is 1. The van der Waals surface area contributed by atoms with Crippen LogP contribution in [-0.2, 0) is 10.0 Å². The largest absolute Gasteiger partial charge is 0.322 e. The van der Waals surface area contributed by atoms with Crippen LogP contribution in [0.5, 0.6) is 0 Å². The second-order valence-corrected chi connectivity index (χ2v) is 8.08. The Morgan fingerprint density at radius 1 is 0.815 bits per heavy atom. The lowest BCUT2D eigenvalue weighted by Gasteiger charge is -2.09. The highest BCUT2D eigenvalue weighted by Gasteiger charge is 2.15. The van der Waals surface area contributed by atoms with Gasteiger partial charge in [-0.1, -0.05) is 29.3 Å². The summed E-state index contributed by atoms with van der Waals surface area (Å²) in [5, 5.41) is 3.30. The third-order valence-corrected chi connectivity index (χ3v) is 5.48. The van der Waals surface area contributed by atoms with Crippen LogP contribution in [0.15, 0.2) is 77.7 Å². The van der Waals surface area contributed by atoms with Crippen molar-refractivity contribution in [2.24, 2.45) is 0 Å². The number of amides is 1. The van der Waals surface area contributed by atoms with Crippen LogP contribution < -0.4 is 10.0 Å². The molecule has 0 radical (unpaired) electrons. The Labute approximate surface area is 163 Å². The molecule has 0 spiro atoms. The van der Waals surface area contributed by atoms with Crippen LogP contribution in [0.2, 0.25) is 5.02 Å². The van der Waals surface area contributed by atoms with E-state index < -0.39 is 10.0 Å². The Hall–Kier alpha value is -2.83. The van der Waals surface area contributed by atoms with Gasteiger partial charge in [0.15, 0.2) is 0 Å². The molecule has 0 unspecified atom stereocenters. The third kappa shape index (κ3) is 4.87. The zero-order valence-electron chi connectivity index (χ0n) is 14.4. The zero-order chi connectivity index (χ0) is 19.4. The van der Waals surface area contributed by atoms with E-state index in [-0.39, 0.29) is 10.8 Å². The molecule has 1 amide bonds. The Morgan fingerprint density at radius 3 is 1.96 bits per heavy atom. The SMILES string of the molecule is Cc1ccc(NS(=O)(=O)c2ccc(C(=O)Nc3ccc(Cl)cc3)cc2)cc1. The molecule has 0 saturated carbocycles. The third-order valence-electron chi connectivity index (χ3n) is 3.83. The second kappa shape index (κ2) is 7.82. The highest BCUT2D eigenvalue weighted by atomic mass is 35.5. The van der Waals surface area contributed by atoms with Crippen molar-refractivity contribution in [1.29, 1.82) is 0 Å². The zero-order valence-corrected chi connectivity index (χ0v) is 16.0. The van der Waals surface area contributed by atoms with Crippen LogP contribution in [-0.4, -0.2) is 14.3 Å². The number of hydrogen-bond donors (Lipinski definition) is 2. The molecular weight excluding hydrogens is 384 g/mol. The lowest BCUT2D eigenvalue weighted by molar-refractivity contribution is 0.102. The van der Waals surface area contributed by atoms with E-state index in [2.05, 4.69) is 10.0 Å². The molecule has 27 heavy (non-hydrogen) atoms. The number of carbonyl (C=O) groups is 1. The number of sulfonamides is 1. The van der Waals surface area contributed by atoms with Gasteiger partial charge in [0.25, 0.3) is 15.9 Å². The molecule has 0 aliphatic rings. The van der Waals surface area contributed by atoms with E-state index in [0.29, 0.717) is 22.0 Å². The predicted molar refractivity (Wildman–Crippen MR) is 108 cm³/mol. The highest BCUT2D eigenvalue weighted by Crippen LogP contribution is 2.18. The van der Waals surface area contributed by atoms with Crippen molar-refractivity contribution >= 4 is 38.9 Å². The molecule has 0 atom stereocenters. The lowest BCUT2D eigenvalue weighted by atomic mass is 10.2. The molecule has 0 aliphatic heterocycles. The van der Waals surface area contributed by atoms with Gasteiger partial charge in [-0.25, -0.2) is 8.42 Å². The Morgan fingerprint density at radius 2 is 1.37 bits per heavy atom. The van der Waals surface area contributed by atoms with Crippen molar-refractivity contribution in [2.75, 3.05) is 10.0 Å². The fraction of sp³-hybridized carbons (Fsp3) is 0.0500. The van der Waals surface area contributed by atoms with E-state index >= 15 is 0 Å². The summed E-state index contributed by atoms with van der Waals surface area (Å²) in [4.78, 5) is 12.3. The van der Waals surface area contributed by atoms with Crippen molar-refractivity contribution in [3.05, 3.63) is 88.9 Å². The number of anilines is 2. The summed E-state index contributed by atoms with van der Waals surface area (Å²) in [6.07, 6.45) is 0. The summed E-state index contributed by atoms with van der Waals surface area (Å²) < 4.78 is 27.4. The first-order valence-electron chi connectivity index (χ1n) is 8.10. The maximum atomic E-state index is 12.5. The summed E-state index contributed by atoms with van der Waals surface area (Å²) in [6, 6.07) is 19.5. The van der Waals surface area contributed by atoms with Gasteiger partial charge in [-0.05, 0) is 67.6 Å². The molecule has 0 bridgehead atoms. The van der Waals surface area contributed by atoms with Crippen LogP contribution in [0.1, 0.15) is 15.9 Å². The van der Waals surface area contributed by atoms with Gasteiger partial charge in [0.1, 0.15) is 0 Å². The van der Waals surface area contributed by atoms with Gasteiger partial charge in [0.05, 0.1) is 4.90 Å². The maximum absolute atomic E-state index is 12.5. The minimum atomic E-state index is -3.73. The number of aryl methyl sites for hydroxylation is 1. The van der Waals surface area contributed by atoms with Gasteiger partial charge < -0.3 is 5.32 Å². The summed E-state index contributed by atoms with van der Waals surface area (Å²) in [7, 11) is -3.73. The van der Waals surface area contributed by atoms with E-state index in [9.17, 15) is 13.2 Å². The molecule has 3 aromatic rings. The van der Waals surface area contributed by atoms with E-state index in [1.54, 1.807) is 36.4 Å². The van der Waals surface area contributed by atoms with Gasteiger partial charge in [0.2, 0.25) is 0 Å². The molecule has 7 heteroatoms.